The van der Waals surface area contributed by atoms with Gasteiger partial charge in [0.1, 0.15) is 5.58 Å². The second-order valence-corrected chi connectivity index (χ2v) is 8.56. The summed E-state index contributed by atoms with van der Waals surface area (Å²) < 4.78 is 6.94. The summed E-state index contributed by atoms with van der Waals surface area (Å²) in [6.07, 6.45) is 0. The molecule has 5 rings (SSSR count). The third-order valence-electron chi connectivity index (χ3n) is 5.49. The summed E-state index contributed by atoms with van der Waals surface area (Å²) in [4.78, 5) is 28.7. The summed E-state index contributed by atoms with van der Waals surface area (Å²) in [7, 11) is 0. The Bertz CT molecular complexity index is 1370. The number of hydrogen-bond donors (Lipinski definition) is 0. The van der Waals surface area contributed by atoms with Gasteiger partial charge < -0.3 is 4.42 Å². The van der Waals surface area contributed by atoms with Crippen molar-refractivity contribution < 1.29 is 9.21 Å². The number of carbonyl (C=O) groups is 1. The molecule has 0 saturated heterocycles. The van der Waals surface area contributed by atoms with E-state index in [0.717, 1.165) is 26.9 Å². The predicted octanol–water partition coefficient (Wildman–Crippen LogP) is 5.92. The molecule has 1 atom stereocenters. The molecule has 4 nitrogen and oxygen atoms in total. The monoisotopic (exact) mass is 459 g/mol. The Morgan fingerprint density at radius 3 is 2.37 bits per heavy atom. The van der Waals surface area contributed by atoms with Gasteiger partial charge in [0, 0.05) is 10.2 Å². The molecule has 0 spiro atoms. The molecule has 1 aliphatic heterocycles. The number of nitrogens with zero attached hydrogens (tertiary/aromatic N) is 1. The molecule has 0 aliphatic carbocycles. The van der Waals surface area contributed by atoms with Crippen molar-refractivity contribution in [2.75, 3.05) is 4.90 Å². The molecule has 0 N–H and O–H groups in total. The third-order valence-corrected chi connectivity index (χ3v) is 6.02. The van der Waals surface area contributed by atoms with Crippen LogP contribution in [0.3, 0.4) is 0 Å². The van der Waals surface area contributed by atoms with Crippen LogP contribution in [-0.4, -0.2) is 5.91 Å². The van der Waals surface area contributed by atoms with Crippen LogP contribution < -0.4 is 10.3 Å². The fourth-order valence-corrected chi connectivity index (χ4v) is 4.36. The zero-order valence-electron chi connectivity index (χ0n) is 16.5. The molecular formula is C25H18BrNO3. The molecule has 5 heteroatoms. The summed E-state index contributed by atoms with van der Waals surface area (Å²) in [5.41, 5.74) is 4.25. The number of hydrogen-bond acceptors (Lipinski definition) is 3. The SMILES string of the molecule is Cc1cccc(N2C(=O)c3oc4ccc(C)cc4c(=O)c3C2c2ccc(Br)cc2)c1. The second-order valence-electron chi connectivity index (χ2n) is 7.64. The Hall–Kier alpha value is -3.18. The van der Waals surface area contributed by atoms with Gasteiger partial charge >= 0.3 is 0 Å². The minimum atomic E-state index is -0.552. The minimum absolute atomic E-state index is 0.116. The third kappa shape index (κ3) is 2.89. The molecule has 0 saturated carbocycles. The van der Waals surface area contributed by atoms with Gasteiger partial charge in [0.25, 0.3) is 5.91 Å². The maximum Gasteiger partial charge on any atom is 0.295 e. The Kier molecular flexibility index (Phi) is 4.36. The van der Waals surface area contributed by atoms with Gasteiger partial charge in [-0.1, -0.05) is 51.8 Å². The highest BCUT2D eigenvalue weighted by Crippen LogP contribution is 2.41. The molecule has 3 aromatic carbocycles. The van der Waals surface area contributed by atoms with Gasteiger partial charge in [0.05, 0.1) is 17.0 Å². The Labute approximate surface area is 181 Å². The van der Waals surface area contributed by atoms with Crippen LogP contribution in [-0.2, 0) is 0 Å². The lowest BCUT2D eigenvalue weighted by molar-refractivity contribution is 0.0971. The molecule has 4 aromatic rings. The van der Waals surface area contributed by atoms with Gasteiger partial charge in [-0.15, -0.1) is 0 Å². The summed E-state index contributed by atoms with van der Waals surface area (Å²) in [5.74, 6) is -0.186. The van der Waals surface area contributed by atoms with E-state index in [0.29, 0.717) is 16.5 Å². The van der Waals surface area contributed by atoms with Crippen LogP contribution in [0.25, 0.3) is 11.0 Å². The number of fused-ring (bicyclic) bond motifs is 2. The zero-order valence-corrected chi connectivity index (χ0v) is 18.1. The van der Waals surface area contributed by atoms with E-state index in [2.05, 4.69) is 15.9 Å². The van der Waals surface area contributed by atoms with Crippen LogP contribution in [0.1, 0.15) is 38.9 Å². The van der Waals surface area contributed by atoms with Crippen molar-refractivity contribution in [3.63, 3.8) is 0 Å². The van der Waals surface area contributed by atoms with Crippen LogP contribution in [0, 0.1) is 13.8 Å². The first-order valence-electron chi connectivity index (χ1n) is 9.67. The number of halogens is 1. The number of benzene rings is 3. The number of carbonyl (C=O) groups excluding carboxylic acids is 1. The molecule has 2 heterocycles. The second kappa shape index (κ2) is 6.96. The molecular weight excluding hydrogens is 442 g/mol. The Morgan fingerprint density at radius 1 is 0.900 bits per heavy atom. The van der Waals surface area contributed by atoms with Crippen LogP contribution in [0.5, 0.6) is 0 Å². The molecule has 0 radical (unpaired) electrons. The number of amides is 1. The van der Waals surface area contributed by atoms with Crippen molar-refractivity contribution in [2.24, 2.45) is 0 Å². The van der Waals surface area contributed by atoms with Crippen molar-refractivity contribution in [1.29, 1.82) is 0 Å². The molecule has 1 aromatic heterocycles. The fraction of sp³-hybridized carbons (Fsp3) is 0.120. The van der Waals surface area contributed by atoms with Gasteiger partial charge in [0.15, 0.2) is 5.43 Å². The standard InChI is InChI=1S/C25H18BrNO3/c1-14-4-3-5-18(12-14)27-22(16-7-9-17(26)10-8-16)21-23(28)19-13-15(2)6-11-20(19)30-24(21)25(27)29/h3-13,22H,1-2H3. The fourth-order valence-electron chi connectivity index (χ4n) is 4.09. The van der Waals surface area contributed by atoms with Crippen molar-refractivity contribution in [1.82, 2.24) is 0 Å². The van der Waals surface area contributed by atoms with E-state index in [4.69, 9.17) is 4.42 Å². The highest BCUT2D eigenvalue weighted by Gasteiger charge is 2.43. The van der Waals surface area contributed by atoms with Crippen LogP contribution in [0.4, 0.5) is 5.69 Å². The molecule has 1 amide bonds. The predicted molar refractivity (Wildman–Crippen MR) is 121 cm³/mol. The lowest BCUT2D eigenvalue weighted by Crippen LogP contribution is -2.29. The number of rotatable bonds is 2. The van der Waals surface area contributed by atoms with Crippen LogP contribution >= 0.6 is 15.9 Å². The molecule has 30 heavy (non-hydrogen) atoms. The van der Waals surface area contributed by atoms with E-state index in [9.17, 15) is 9.59 Å². The number of anilines is 1. The van der Waals surface area contributed by atoms with E-state index in [-0.39, 0.29) is 17.1 Å². The molecule has 0 fully saturated rings. The van der Waals surface area contributed by atoms with Crippen molar-refractivity contribution in [2.45, 2.75) is 19.9 Å². The van der Waals surface area contributed by atoms with Crippen molar-refractivity contribution in [3.8, 4) is 0 Å². The lowest BCUT2D eigenvalue weighted by atomic mass is 9.98. The summed E-state index contributed by atoms with van der Waals surface area (Å²) in [6.45, 7) is 3.91. The highest BCUT2D eigenvalue weighted by atomic mass is 79.9. The summed E-state index contributed by atoms with van der Waals surface area (Å²) in [5, 5.41) is 0.495. The number of aryl methyl sites for hydroxylation is 2. The minimum Gasteiger partial charge on any atom is -0.450 e. The van der Waals surface area contributed by atoms with Crippen LogP contribution in [0.15, 0.2) is 80.4 Å². The summed E-state index contributed by atoms with van der Waals surface area (Å²) in [6, 6.07) is 20.3. The van der Waals surface area contributed by atoms with Gasteiger partial charge in [-0.3, -0.25) is 14.5 Å². The normalized spacial score (nSPS) is 15.6. The lowest BCUT2D eigenvalue weighted by Gasteiger charge is -2.25. The van der Waals surface area contributed by atoms with Crippen LogP contribution in [0.2, 0.25) is 0 Å². The van der Waals surface area contributed by atoms with Gasteiger partial charge in [-0.05, 0) is 61.4 Å². The molecule has 1 unspecified atom stereocenters. The molecule has 148 valence electrons. The average molecular weight is 460 g/mol. The maximum atomic E-state index is 13.6. The first kappa shape index (κ1) is 18.8. The largest absolute Gasteiger partial charge is 0.450 e. The van der Waals surface area contributed by atoms with E-state index >= 15 is 0 Å². The first-order chi connectivity index (χ1) is 14.4. The van der Waals surface area contributed by atoms with Gasteiger partial charge in [0.2, 0.25) is 5.76 Å². The maximum absolute atomic E-state index is 13.6. The molecule has 0 bridgehead atoms. The van der Waals surface area contributed by atoms with E-state index < -0.39 is 6.04 Å². The quantitative estimate of drug-likeness (QED) is 0.373. The van der Waals surface area contributed by atoms with Crippen molar-refractivity contribution >= 4 is 38.5 Å². The van der Waals surface area contributed by atoms with Gasteiger partial charge in [-0.25, -0.2) is 0 Å². The summed E-state index contributed by atoms with van der Waals surface area (Å²) >= 11 is 3.46. The Morgan fingerprint density at radius 2 is 1.63 bits per heavy atom. The van der Waals surface area contributed by atoms with Crippen molar-refractivity contribution in [3.05, 3.63) is 109 Å². The topological polar surface area (TPSA) is 50.5 Å². The highest BCUT2D eigenvalue weighted by molar-refractivity contribution is 9.10. The van der Waals surface area contributed by atoms with E-state index in [1.807, 2.05) is 74.5 Å². The van der Waals surface area contributed by atoms with E-state index in [1.54, 1.807) is 11.0 Å². The molecule has 1 aliphatic rings. The first-order valence-corrected chi connectivity index (χ1v) is 10.5. The van der Waals surface area contributed by atoms with E-state index in [1.165, 1.54) is 0 Å². The average Bonchev–Trinajstić information content (AvgIpc) is 3.02. The smallest absolute Gasteiger partial charge is 0.295 e. The Balaban J connectivity index is 1.83. The van der Waals surface area contributed by atoms with Gasteiger partial charge in [-0.2, -0.15) is 0 Å². The zero-order chi connectivity index (χ0) is 21.0.